The monoisotopic (exact) mass is 1090 g/mol. The molecule has 3 aliphatic heterocycles. The second-order valence-corrected chi connectivity index (χ2v) is 26.0. The molecule has 0 N–H and O–H groups in total. The number of benzene rings is 6. The zero-order chi connectivity index (χ0) is 56.0. The van der Waals surface area contributed by atoms with Crippen molar-refractivity contribution in [2.24, 2.45) is 0 Å². The van der Waals surface area contributed by atoms with E-state index in [1.807, 2.05) is 86.6 Å². The predicted molar refractivity (Wildman–Crippen MR) is 318 cm³/mol. The van der Waals surface area contributed by atoms with E-state index < -0.39 is 31.5 Å². The molecular formula is C66H79N3O9Si. The molecule has 1 aliphatic carbocycles. The van der Waals surface area contributed by atoms with Crippen molar-refractivity contribution in [2.45, 2.75) is 117 Å². The summed E-state index contributed by atoms with van der Waals surface area (Å²) in [6, 6.07) is 36.6. The van der Waals surface area contributed by atoms with Crippen LogP contribution in [0.1, 0.15) is 117 Å². The molecular weight excluding hydrogens is 1010 g/mol. The molecule has 6 aromatic carbocycles. The first kappa shape index (κ1) is 56.1. The highest BCUT2D eigenvalue weighted by Gasteiger charge is 2.54. The average Bonchev–Trinajstić information content (AvgIpc) is 3.57. The van der Waals surface area contributed by atoms with Gasteiger partial charge in [-0.25, -0.2) is 4.85 Å². The SMILES string of the molecule is [C-]#[N+]c1ccc(-c2ccc3c(c2)C(CC)(CC)c2c4c(c5cc(OC)c(N6CCOCC6)cc5c2-3)OC(c2ccc(OCCO[Si](OC(C)(C)C)(OC(C)(C)C)OC(C)(C)C)cc2)(c2ccc(N3CCOCC3)cc2)C=C4)cc1. The van der Waals surface area contributed by atoms with Gasteiger partial charge in [0.1, 0.15) is 23.9 Å². The molecule has 416 valence electrons. The lowest BCUT2D eigenvalue weighted by Gasteiger charge is -2.41. The molecule has 0 saturated carbocycles. The minimum atomic E-state index is -3.70. The number of hydrogen-bond acceptors (Lipinski definition) is 11. The molecule has 0 aromatic heterocycles. The molecule has 79 heavy (non-hydrogen) atoms. The van der Waals surface area contributed by atoms with Gasteiger partial charge in [0.2, 0.25) is 0 Å². The quantitative estimate of drug-likeness (QED) is 0.0527. The van der Waals surface area contributed by atoms with Crippen molar-refractivity contribution in [3.05, 3.63) is 148 Å². The molecule has 0 spiro atoms. The van der Waals surface area contributed by atoms with Crippen molar-refractivity contribution in [1.82, 2.24) is 0 Å². The van der Waals surface area contributed by atoms with E-state index in [2.05, 4.69) is 120 Å². The predicted octanol–water partition coefficient (Wildman–Crippen LogP) is 14.5. The van der Waals surface area contributed by atoms with E-state index in [0.717, 1.165) is 100 Å². The Bertz CT molecular complexity index is 3180. The van der Waals surface area contributed by atoms with Gasteiger partial charge in [-0.05, 0) is 162 Å². The van der Waals surface area contributed by atoms with E-state index in [4.69, 9.17) is 48.0 Å². The summed E-state index contributed by atoms with van der Waals surface area (Å²) in [4.78, 5) is 8.44. The maximum absolute atomic E-state index is 7.96. The number of rotatable bonds is 16. The molecule has 0 amide bonds. The van der Waals surface area contributed by atoms with E-state index in [1.165, 1.54) is 22.3 Å². The van der Waals surface area contributed by atoms with Crippen LogP contribution in [0.2, 0.25) is 0 Å². The molecule has 4 aliphatic rings. The zero-order valence-electron chi connectivity index (χ0n) is 48.5. The summed E-state index contributed by atoms with van der Waals surface area (Å²) >= 11 is 0. The van der Waals surface area contributed by atoms with Crippen LogP contribution in [0.3, 0.4) is 0 Å². The van der Waals surface area contributed by atoms with Gasteiger partial charge in [0.25, 0.3) is 0 Å². The lowest BCUT2D eigenvalue weighted by Crippen LogP contribution is -2.59. The Labute approximate surface area is 469 Å². The van der Waals surface area contributed by atoms with Gasteiger partial charge in [-0.2, -0.15) is 0 Å². The molecule has 3 heterocycles. The van der Waals surface area contributed by atoms with Crippen LogP contribution in [-0.4, -0.2) is 98.8 Å². The smallest absolute Gasteiger partial charge is 0.495 e. The Kier molecular flexibility index (Phi) is 15.6. The molecule has 12 nitrogen and oxygen atoms in total. The largest absolute Gasteiger partial charge is 0.681 e. The van der Waals surface area contributed by atoms with E-state index >= 15 is 0 Å². The Balaban J connectivity index is 1.09. The van der Waals surface area contributed by atoms with Gasteiger partial charge in [-0.15, -0.1) is 0 Å². The van der Waals surface area contributed by atoms with Crippen LogP contribution in [0.4, 0.5) is 17.1 Å². The van der Waals surface area contributed by atoms with Gasteiger partial charge in [-0.1, -0.05) is 80.6 Å². The van der Waals surface area contributed by atoms with Crippen LogP contribution in [0, 0.1) is 6.57 Å². The van der Waals surface area contributed by atoms with Crippen molar-refractivity contribution >= 4 is 43.0 Å². The second kappa shape index (κ2) is 22.0. The van der Waals surface area contributed by atoms with Gasteiger partial charge >= 0.3 is 9.05 Å². The third-order valence-corrected chi connectivity index (χ3v) is 18.5. The Morgan fingerprint density at radius 3 is 1.77 bits per heavy atom. The molecule has 2 fully saturated rings. The normalized spacial score (nSPS) is 18.2. The van der Waals surface area contributed by atoms with Gasteiger partial charge in [-0.3, -0.25) is 0 Å². The number of nitrogens with zero attached hydrogens (tertiary/aromatic N) is 3. The topological polar surface area (TPSA) is 93.9 Å². The van der Waals surface area contributed by atoms with Crippen LogP contribution in [0.25, 0.3) is 43.9 Å². The summed E-state index contributed by atoms with van der Waals surface area (Å²) in [6.45, 7) is 36.4. The maximum Gasteiger partial charge on any atom is 0.681 e. The summed E-state index contributed by atoms with van der Waals surface area (Å²) in [6.07, 6.45) is 6.36. The summed E-state index contributed by atoms with van der Waals surface area (Å²) in [5.74, 6) is 2.28. The number of fused-ring (bicyclic) bond motifs is 8. The van der Waals surface area contributed by atoms with Crippen molar-refractivity contribution in [3.63, 3.8) is 0 Å². The number of hydrogen-bond donors (Lipinski definition) is 0. The highest BCUT2D eigenvalue weighted by atomic mass is 28.4. The fraction of sp³-hybridized carbons (Fsp3) is 0.439. The molecule has 0 radical (unpaired) electrons. The highest BCUT2D eigenvalue weighted by Crippen LogP contribution is 2.62. The van der Waals surface area contributed by atoms with Crippen LogP contribution in [-0.2, 0) is 38.2 Å². The summed E-state index contributed by atoms with van der Waals surface area (Å²) in [5, 5.41) is 2.10. The summed E-state index contributed by atoms with van der Waals surface area (Å²) < 4.78 is 58.6. The lowest BCUT2D eigenvalue weighted by atomic mass is 9.70. The highest BCUT2D eigenvalue weighted by molar-refractivity contribution is 6.54. The second-order valence-electron chi connectivity index (χ2n) is 24.1. The third-order valence-electron chi connectivity index (χ3n) is 15.4. The third kappa shape index (κ3) is 11.3. The minimum absolute atomic E-state index is 0.185. The molecule has 2 saturated heterocycles. The first-order valence-electron chi connectivity index (χ1n) is 28.2. The van der Waals surface area contributed by atoms with Gasteiger partial charge in [0.05, 0.1) is 69.2 Å². The van der Waals surface area contributed by atoms with Gasteiger partial charge in [0, 0.05) is 59.4 Å². The minimum Gasteiger partial charge on any atom is -0.495 e. The van der Waals surface area contributed by atoms with Gasteiger partial charge < -0.3 is 51.2 Å². The standard InChI is InChI=1S/C66H79N3O9Si/c1-14-65(15-2)56-42-46(45-16-23-49(67-12)24-17-45)18-29-52(56)59-54-43-57(69-34-38-72-39-35-69)58(70-13)44-55(54)61-53(60(59)65)30-31-66(75-61,47-19-25-50(26-20-47)68-32-36-71-37-33-68)48-21-27-51(28-22-48)73-40-41-74-79(76-62(3,4)5,77-63(6,7)8)78-64(9,10)11/h16-31,42-44H,14-15,32-41H2,1-11,13H3. The van der Waals surface area contributed by atoms with Crippen LogP contribution in [0.15, 0.2) is 109 Å². The fourth-order valence-corrected chi connectivity index (χ4v) is 14.8. The van der Waals surface area contributed by atoms with Crippen LogP contribution >= 0.6 is 0 Å². The molecule has 13 heteroatoms. The fourth-order valence-electron chi connectivity index (χ4n) is 12.0. The number of anilines is 2. The first-order chi connectivity index (χ1) is 37.7. The average molecular weight is 1090 g/mol. The van der Waals surface area contributed by atoms with Crippen molar-refractivity contribution in [1.29, 1.82) is 0 Å². The van der Waals surface area contributed by atoms with Gasteiger partial charge in [0.15, 0.2) is 11.3 Å². The number of methoxy groups -OCH3 is 1. The first-order valence-corrected chi connectivity index (χ1v) is 29.8. The van der Waals surface area contributed by atoms with E-state index in [1.54, 1.807) is 7.11 Å². The lowest BCUT2D eigenvalue weighted by molar-refractivity contribution is -0.135. The van der Waals surface area contributed by atoms with Crippen molar-refractivity contribution < 1.29 is 41.4 Å². The van der Waals surface area contributed by atoms with Crippen molar-refractivity contribution in [2.75, 3.05) is 82.7 Å². The summed E-state index contributed by atoms with van der Waals surface area (Å²) in [5.41, 5.74) is 9.94. The number of morpholine rings is 2. The zero-order valence-corrected chi connectivity index (χ0v) is 49.5. The van der Waals surface area contributed by atoms with Crippen LogP contribution < -0.4 is 24.0 Å². The van der Waals surface area contributed by atoms with E-state index in [-0.39, 0.29) is 18.6 Å². The van der Waals surface area contributed by atoms with Crippen molar-refractivity contribution in [3.8, 4) is 39.5 Å². The van der Waals surface area contributed by atoms with E-state index in [9.17, 15) is 0 Å². The molecule has 10 rings (SSSR count). The Morgan fingerprint density at radius 1 is 0.646 bits per heavy atom. The Hall–Kier alpha value is -6.21. The Morgan fingerprint density at radius 2 is 1.22 bits per heavy atom. The molecule has 1 unspecified atom stereocenters. The molecule has 1 atom stereocenters. The van der Waals surface area contributed by atoms with Crippen LogP contribution in [0.5, 0.6) is 17.2 Å². The summed E-state index contributed by atoms with van der Waals surface area (Å²) in [7, 11) is -1.93. The maximum atomic E-state index is 7.96. The molecule has 6 aromatic rings. The number of ether oxygens (including phenoxy) is 5. The van der Waals surface area contributed by atoms with E-state index in [0.29, 0.717) is 37.9 Å². The molecule has 0 bridgehead atoms.